The molecule has 37 heavy (non-hydrogen) atoms. The smallest absolute Gasteiger partial charge is 0.271 e. The maximum Gasteiger partial charge on any atom is 0.271 e. The number of rotatable bonds is 11. The number of hydrogen-bond acceptors (Lipinski definition) is 6. The molecule has 0 aliphatic heterocycles. The fourth-order valence-electron chi connectivity index (χ4n) is 3.79. The highest BCUT2D eigenvalue weighted by Gasteiger charge is 2.32. The first-order chi connectivity index (χ1) is 17.6. The molecular weight excluding hydrogens is 496 g/mol. The van der Waals surface area contributed by atoms with Crippen LogP contribution in [0, 0.1) is 10.1 Å². The van der Waals surface area contributed by atoms with Crippen LogP contribution in [0.15, 0.2) is 89.8 Å². The number of carbonyl (C=O) groups is 2. The predicted octanol–water partition coefficient (Wildman–Crippen LogP) is 3.00. The van der Waals surface area contributed by atoms with Gasteiger partial charge in [-0.3, -0.25) is 24.0 Å². The summed E-state index contributed by atoms with van der Waals surface area (Å²) in [7, 11) is -2.83. The second kappa shape index (κ2) is 12.1. The fourth-order valence-corrected chi connectivity index (χ4v) is 5.22. The van der Waals surface area contributed by atoms with Crippen molar-refractivity contribution in [1.82, 2.24) is 10.2 Å². The molecule has 0 unspecified atom stereocenters. The Labute approximate surface area is 215 Å². The molecule has 3 rings (SSSR count). The highest BCUT2D eigenvalue weighted by atomic mass is 32.2. The third-order valence-electron chi connectivity index (χ3n) is 5.84. The van der Waals surface area contributed by atoms with E-state index in [4.69, 9.17) is 0 Å². The summed E-state index contributed by atoms with van der Waals surface area (Å²) in [4.78, 5) is 38.0. The zero-order chi connectivity index (χ0) is 27.0. The minimum Gasteiger partial charge on any atom is -0.357 e. The number of nitro benzene ring substituents is 1. The normalized spacial score (nSPS) is 11.8. The van der Waals surface area contributed by atoms with Gasteiger partial charge in [0.05, 0.1) is 15.5 Å². The van der Waals surface area contributed by atoms with Gasteiger partial charge >= 0.3 is 0 Å². The van der Waals surface area contributed by atoms with E-state index in [-0.39, 0.29) is 22.8 Å². The standard InChI is InChI=1S/C26H28N4O6S/c1-20(26(32)27-2)28(17-16-21-10-5-3-6-11-21)25(31)19-29(22-12-9-13-23(18-22)30(33)34)37(35,36)24-14-7-4-8-15-24/h3-15,18,20H,16-17,19H2,1-2H3,(H,27,32)/t20-/m0/s1. The summed E-state index contributed by atoms with van der Waals surface area (Å²) in [5.41, 5.74) is 0.580. The van der Waals surface area contributed by atoms with Crippen molar-refractivity contribution in [2.45, 2.75) is 24.3 Å². The van der Waals surface area contributed by atoms with Crippen molar-refractivity contribution in [3.8, 4) is 0 Å². The quantitative estimate of drug-likeness (QED) is 0.303. The van der Waals surface area contributed by atoms with E-state index in [1.165, 1.54) is 42.3 Å². The lowest BCUT2D eigenvalue weighted by atomic mass is 10.1. The molecule has 0 spiro atoms. The first kappa shape index (κ1) is 27.3. The molecule has 0 saturated heterocycles. The summed E-state index contributed by atoms with van der Waals surface area (Å²) in [6, 6.07) is 21.1. The summed E-state index contributed by atoms with van der Waals surface area (Å²) in [5.74, 6) is -1.03. The van der Waals surface area contributed by atoms with E-state index in [9.17, 15) is 28.1 Å². The van der Waals surface area contributed by atoms with E-state index in [0.29, 0.717) is 6.42 Å². The average Bonchev–Trinajstić information content (AvgIpc) is 2.92. The fraction of sp³-hybridized carbons (Fsp3) is 0.231. The number of carbonyl (C=O) groups excluding carboxylic acids is 2. The van der Waals surface area contributed by atoms with Crippen LogP contribution >= 0.6 is 0 Å². The minimum absolute atomic E-state index is 0.0398. The molecule has 0 fully saturated rings. The van der Waals surface area contributed by atoms with Gasteiger partial charge in [0.2, 0.25) is 11.8 Å². The largest absolute Gasteiger partial charge is 0.357 e. The number of likely N-dealkylation sites (N-methyl/N-ethyl adjacent to an activating group) is 1. The number of benzene rings is 3. The van der Waals surface area contributed by atoms with E-state index >= 15 is 0 Å². The third kappa shape index (κ3) is 6.70. The van der Waals surface area contributed by atoms with Crippen molar-refractivity contribution in [3.05, 3.63) is 101 Å². The predicted molar refractivity (Wildman–Crippen MR) is 139 cm³/mol. The number of sulfonamides is 1. The first-order valence-electron chi connectivity index (χ1n) is 11.5. The Morgan fingerprint density at radius 1 is 0.973 bits per heavy atom. The first-order valence-corrected chi connectivity index (χ1v) is 13.0. The summed E-state index contributed by atoms with van der Waals surface area (Å²) in [5, 5.41) is 13.9. The van der Waals surface area contributed by atoms with Crippen LogP contribution in [0.3, 0.4) is 0 Å². The summed E-state index contributed by atoms with van der Waals surface area (Å²) >= 11 is 0. The van der Waals surface area contributed by atoms with Crippen LogP contribution in [0.25, 0.3) is 0 Å². The second-order valence-electron chi connectivity index (χ2n) is 8.21. The van der Waals surface area contributed by atoms with Crippen molar-refractivity contribution in [2.75, 3.05) is 24.4 Å². The number of nitro groups is 1. The lowest BCUT2D eigenvalue weighted by molar-refractivity contribution is -0.384. The number of nitrogens with zero attached hydrogens (tertiary/aromatic N) is 3. The molecule has 1 atom stereocenters. The van der Waals surface area contributed by atoms with Crippen molar-refractivity contribution >= 4 is 33.2 Å². The molecule has 0 aromatic heterocycles. The SMILES string of the molecule is CNC(=O)[C@H](C)N(CCc1ccccc1)C(=O)CN(c1cccc([N+](=O)[O-])c1)S(=O)(=O)c1ccccc1. The van der Waals surface area contributed by atoms with Crippen molar-refractivity contribution in [1.29, 1.82) is 0 Å². The highest BCUT2D eigenvalue weighted by Crippen LogP contribution is 2.27. The zero-order valence-corrected chi connectivity index (χ0v) is 21.3. The molecule has 0 aliphatic carbocycles. The molecule has 0 radical (unpaired) electrons. The van der Waals surface area contributed by atoms with E-state index in [1.54, 1.807) is 25.1 Å². The zero-order valence-electron chi connectivity index (χ0n) is 20.5. The molecule has 11 heteroatoms. The average molecular weight is 525 g/mol. The van der Waals surface area contributed by atoms with Crippen molar-refractivity contribution in [2.24, 2.45) is 0 Å². The van der Waals surface area contributed by atoms with Gasteiger partial charge < -0.3 is 10.2 Å². The summed E-state index contributed by atoms with van der Waals surface area (Å²) < 4.78 is 28.1. The Balaban J connectivity index is 2.00. The molecule has 0 saturated carbocycles. The molecule has 194 valence electrons. The molecule has 10 nitrogen and oxygen atoms in total. The van der Waals surface area contributed by atoms with Gasteiger partial charge in [0, 0.05) is 25.7 Å². The highest BCUT2D eigenvalue weighted by molar-refractivity contribution is 7.92. The van der Waals surface area contributed by atoms with E-state index in [0.717, 1.165) is 15.9 Å². The van der Waals surface area contributed by atoms with Crippen molar-refractivity contribution < 1.29 is 22.9 Å². The van der Waals surface area contributed by atoms with E-state index in [2.05, 4.69) is 5.32 Å². The Bertz CT molecular complexity index is 1350. The van der Waals surface area contributed by atoms with Crippen LogP contribution in [0.2, 0.25) is 0 Å². The molecule has 3 aromatic carbocycles. The van der Waals surface area contributed by atoms with E-state index in [1.807, 2.05) is 30.3 Å². The Hall–Kier alpha value is -4.25. The van der Waals surface area contributed by atoms with Gasteiger partial charge in [-0.25, -0.2) is 8.42 Å². The maximum absolute atomic E-state index is 13.6. The molecular formula is C26H28N4O6S. The van der Waals surface area contributed by atoms with Crippen LogP contribution in [0.1, 0.15) is 12.5 Å². The Morgan fingerprint density at radius 2 is 1.59 bits per heavy atom. The van der Waals surface area contributed by atoms with Gasteiger partial charge in [0.15, 0.2) is 0 Å². The van der Waals surface area contributed by atoms with Crippen LogP contribution < -0.4 is 9.62 Å². The van der Waals surface area contributed by atoms with Crippen LogP contribution in [0.4, 0.5) is 11.4 Å². The van der Waals surface area contributed by atoms with Gasteiger partial charge in [0.25, 0.3) is 15.7 Å². The lowest BCUT2D eigenvalue weighted by Crippen LogP contribution is -2.51. The van der Waals surface area contributed by atoms with Gasteiger partial charge in [-0.05, 0) is 37.1 Å². The molecule has 1 N–H and O–H groups in total. The Kier molecular flexibility index (Phi) is 8.96. The topological polar surface area (TPSA) is 130 Å². The van der Waals surface area contributed by atoms with Crippen LogP contribution in [-0.2, 0) is 26.0 Å². The van der Waals surface area contributed by atoms with Gasteiger partial charge in [-0.1, -0.05) is 54.6 Å². The van der Waals surface area contributed by atoms with Crippen molar-refractivity contribution in [3.63, 3.8) is 0 Å². The molecule has 0 aliphatic rings. The van der Waals surface area contributed by atoms with Gasteiger partial charge in [-0.15, -0.1) is 0 Å². The number of nitrogens with one attached hydrogen (secondary N) is 1. The second-order valence-corrected chi connectivity index (χ2v) is 10.1. The van der Waals surface area contributed by atoms with Crippen LogP contribution in [0.5, 0.6) is 0 Å². The lowest BCUT2D eigenvalue weighted by Gasteiger charge is -2.31. The van der Waals surface area contributed by atoms with Gasteiger partial charge in [-0.2, -0.15) is 0 Å². The Morgan fingerprint density at radius 3 is 2.19 bits per heavy atom. The minimum atomic E-state index is -4.28. The van der Waals surface area contributed by atoms with Crippen LogP contribution in [-0.4, -0.2) is 56.2 Å². The number of non-ortho nitro benzene ring substituents is 1. The number of hydrogen-bond donors (Lipinski definition) is 1. The van der Waals surface area contributed by atoms with E-state index < -0.39 is 39.3 Å². The molecule has 3 aromatic rings. The monoisotopic (exact) mass is 524 g/mol. The molecule has 0 heterocycles. The summed E-state index contributed by atoms with van der Waals surface area (Å²) in [6.07, 6.45) is 0.441. The van der Waals surface area contributed by atoms with Gasteiger partial charge in [0.1, 0.15) is 12.6 Å². The number of amides is 2. The third-order valence-corrected chi connectivity index (χ3v) is 7.62. The maximum atomic E-state index is 13.6. The molecule has 2 amide bonds. The number of anilines is 1. The molecule has 0 bridgehead atoms. The summed E-state index contributed by atoms with van der Waals surface area (Å²) in [6.45, 7) is 1.06.